The van der Waals surface area contributed by atoms with E-state index in [0.717, 1.165) is 30.8 Å². The molecule has 0 aliphatic rings. The van der Waals surface area contributed by atoms with Crippen LogP contribution in [0, 0.1) is 11.3 Å². The lowest BCUT2D eigenvalue weighted by molar-refractivity contribution is 0.296. The molecule has 0 aliphatic carbocycles. The molecule has 0 saturated heterocycles. The van der Waals surface area contributed by atoms with E-state index in [2.05, 4.69) is 11.4 Å². The van der Waals surface area contributed by atoms with E-state index in [9.17, 15) is 0 Å². The second-order valence-electron chi connectivity index (χ2n) is 3.49. The van der Waals surface area contributed by atoms with Gasteiger partial charge in [0, 0.05) is 6.61 Å². The van der Waals surface area contributed by atoms with Crippen molar-refractivity contribution in [1.29, 1.82) is 5.26 Å². The van der Waals surface area contributed by atoms with Crippen LogP contribution in [0.1, 0.15) is 26.2 Å². The van der Waals surface area contributed by atoms with Crippen LogP contribution in [0.5, 0.6) is 0 Å². The molecule has 0 aromatic rings. The molecule has 4 heteroatoms. The van der Waals surface area contributed by atoms with Crippen molar-refractivity contribution < 1.29 is 5.11 Å². The van der Waals surface area contributed by atoms with E-state index < -0.39 is 0 Å². The van der Waals surface area contributed by atoms with Crippen molar-refractivity contribution >= 4 is 11.8 Å². The number of hydrogen-bond donors (Lipinski definition) is 2. The van der Waals surface area contributed by atoms with Crippen molar-refractivity contribution in [1.82, 2.24) is 5.32 Å². The molecule has 0 spiro atoms. The highest BCUT2D eigenvalue weighted by Gasteiger charge is 2.19. The van der Waals surface area contributed by atoms with Crippen LogP contribution in [0.3, 0.4) is 0 Å². The van der Waals surface area contributed by atoms with Crippen LogP contribution in [0.4, 0.5) is 0 Å². The summed E-state index contributed by atoms with van der Waals surface area (Å²) < 4.78 is 0. The Bertz CT molecular complexity index is 181. The second-order valence-corrected chi connectivity index (χ2v) is 4.71. The molecule has 0 aliphatic heterocycles. The maximum absolute atomic E-state index is 8.87. The lowest BCUT2D eigenvalue weighted by Crippen LogP contribution is -2.37. The number of nitrogens with zero attached hydrogens (tertiary/aromatic N) is 1. The molecule has 0 bridgehead atoms. The second kappa shape index (κ2) is 8.10. The van der Waals surface area contributed by atoms with Gasteiger partial charge in [0.1, 0.15) is 5.54 Å². The Morgan fingerprint density at radius 1 is 1.43 bits per heavy atom. The monoisotopic (exact) mass is 216 g/mol. The summed E-state index contributed by atoms with van der Waals surface area (Å²) >= 11 is 1.84. The minimum Gasteiger partial charge on any atom is -0.396 e. The van der Waals surface area contributed by atoms with E-state index in [1.54, 1.807) is 0 Å². The van der Waals surface area contributed by atoms with Crippen molar-refractivity contribution in [3.63, 3.8) is 0 Å². The maximum atomic E-state index is 8.87. The summed E-state index contributed by atoms with van der Waals surface area (Å²) in [6.07, 6.45) is 2.79. The molecule has 3 nitrogen and oxygen atoms in total. The minimum absolute atomic E-state index is 0.277. The van der Waals surface area contributed by atoms with Gasteiger partial charge in [-0.2, -0.15) is 17.0 Å². The topological polar surface area (TPSA) is 56.0 Å². The van der Waals surface area contributed by atoms with E-state index in [-0.39, 0.29) is 12.1 Å². The number of aliphatic hydroxyl groups is 1. The third-order valence-corrected chi connectivity index (χ3v) is 3.37. The average Bonchev–Trinajstić information content (AvgIpc) is 2.23. The Morgan fingerprint density at radius 2 is 2.07 bits per heavy atom. The van der Waals surface area contributed by atoms with Gasteiger partial charge in [-0.05, 0) is 44.7 Å². The molecule has 0 radical (unpaired) electrons. The summed E-state index contributed by atoms with van der Waals surface area (Å²) in [5.41, 5.74) is -0.377. The highest BCUT2D eigenvalue weighted by molar-refractivity contribution is 7.99. The highest BCUT2D eigenvalue weighted by Crippen LogP contribution is 2.13. The van der Waals surface area contributed by atoms with Crippen LogP contribution in [-0.4, -0.2) is 35.8 Å². The minimum atomic E-state index is -0.377. The van der Waals surface area contributed by atoms with Crippen molar-refractivity contribution in [3.05, 3.63) is 0 Å². The number of rotatable bonds is 8. The van der Waals surface area contributed by atoms with Gasteiger partial charge in [0.2, 0.25) is 0 Å². The van der Waals surface area contributed by atoms with Crippen LogP contribution in [0.2, 0.25) is 0 Å². The maximum Gasteiger partial charge on any atom is 0.103 e. The number of thioether (sulfide) groups is 1. The molecule has 0 aromatic carbocycles. The summed E-state index contributed by atoms with van der Waals surface area (Å²) in [5, 5.41) is 20.5. The Labute approximate surface area is 90.9 Å². The Kier molecular flexibility index (Phi) is 7.96. The molecule has 2 N–H and O–H groups in total. The first-order valence-electron chi connectivity index (χ1n) is 4.97. The van der Waals surface area contributed by atoms with Gasteiger partial charge in [-0.3, -0.25) is 0 Å². The molecule has 0 heterocycles. The smallest absolute Gasteiger partial charge is 0.103 e. The van der Waals surface area contributed by atoms with E-state index in [4.69, 9.17) is 10.4 Å². The van der Waals surface area contributed by atoms with Crippen molar-refractivity contribution in [2.75, 3.05) is 25.2 Å². The summed E-state index contributed by atoms with van der Waals surface area (Å²) in [7, 11) is 1.82. The fraction of sp³-hybridized carbons (Fsp3) is 0.900. The fourth-order valence-electron chi connectivity index (χ4n) is 1.03. The third kappa shape index (κ3) is 6.25. The van der Waals surface area contributed by atoms with Gasteiger partial charge in [0.15, 0.2) is 0 Å². The lowest BCUT2D eigenvalue weighted by Gasteiger charge is -2.20. The van der Waals surface area contributed by atoms with Gasteiger partial charge in [-0.25, -0.2) is 0 Å². The zero-order valence-corrected chi connectivity index (χ0v) is 9.86. The zero-order chi connectivity index (χ0) is 10.9. The quantitative estimate of drug-likeness (QED) is 0.602. The molecule has 0 aromatic heterocycles. The average molecular weight is 216 g/mol. The van der Waals surface area contributed by atoms with Crippen LogP contribution in [0.15, 0.2) is 0 Å². The van der Waals surface area contributed by atoms with E-state index in [1.165, 1.54) is 0 Å². The van der Waals surface area contributed by atoms with E-state index in [1.807, 2.05) is 25.7 Å². The van der Waals surface area contributed by atoms with Crippen LogP contribution >= 0.6 is 11.8 Å². The summed E-state index contributed by atoms with van der Waals surface area (Å²) in [6, 6.07) is 2.27. The predicted octanol–water partition coefficient (Wildman–Crippen LogP) is 1.38. The molecular weight excluding hydrogens is 196 g/mol. The molecule has 1 atom stereocenters. The van der Waals surface area contributed by atoms with Gasteiger partial charge in [-0.15, -0.1) is 0 Å². The number of nitriles is 1. The van der Waals surface area contributed by atoms with Gasteiger partial charge in [-0.1, -0.05) is 0 Å². The van der Waals surface area contributed by atoms with Gasteiger partial charge in [0.05, 0.1) is 6.07 Å². The first-order chi connectivity index (χ1) is 6.68. The van der Waals surface area contributed by atoms with Gasteiger partial charge < -0.3 is 10.4 Å². The molecule has 0 rings (SSSR count). The van der Waals surface area contributed by atoms with Crippen LogP contribution in [0.25, 0.3) is 0 Å². The van der Waals surface area contributed by atoms with Crippen molar-refractivity contribution in [2.24, 2.45) is 0 Å². The molecule has 0 saturated carbocycles. The van der Waals surface area contributed by atoms with Crippen LogP contribution in [-0.2, 0) is 0 Å². The molecular formula is C10H20N2OS. The van der Waals surface area contributed by atoms with Crippen molar-refractivity contribution in [2.45, 2.75) is 31.7 Å². The molecule has 0 amide bonds. The predicted molar refractivity (Wildman–Crippen MR) is 61.3 cm³/mol. The first-order valence-corrected chi connectivity index (χ1v) is 6.13. The Balaban J connectivity index is 3.40. The Hall–Kier alpha value is -0.240. The third-order valence-electron chi connectivity index (χ3n) is 2.21. The number of aliphatic hydroxyl groups excluding tert-OH is 1. The van der Waals surface area contributed by atoms with Crippen LogP contribution < -0.4 is 5.32 Å². The first kappa shape index (κ1) is 13.8. The Morgan fingerprint density at radius 3 is 2.57 bits per heavy atom. The SMILES string of the molecule is CNC(C)(C#N)CCCSCCCO. The number of hydrogen-bond acceptors (Lipinski definition) is 4. The highest BCUT2D eigenvalue weighted by atomic mass is 32.2. The molecule has 82 valence electrons. The summed E-state index contributed by atoms with van der Waals surface area (Å²) in [5.74, 6) is 2.08. The normalized spacial score (nSPS) is 14.7. The molecule has 0 fully saturated rings. The number of nitrogens with one attached hydrogen (secondary N) is 1. The summed E-state index contributed by atoms with van der Waals surface area (Å²) in [6.45, 7) is 2.20. The van der Waals surface area contributed by atoms with Crippen molar-refractivity contribution in [3.8, 4) is 6.07 Å². The van der Waals surface area contributed by atoms with E-state index in [0.29, 0.717) is 0 Å². The fourth-order valence-corrected chi connectivity index (χ4v) is 1.92. The molecule has 14 heavy (non-hydrogen) atoms. The molecule has 1 unspecified atom stereocenters. The van der Waals surface area contributed by atoms with E-state index >= 15 is 0 Å². The van der Waals surface area contributed by atoms with Gasteiger partial charge in [0.25, 0.3) is 0 Å². The lowest BCUT2D eigenvalue weighted by atomic mass is 9.99. The van der Waals surface area contributed by atoms with Gasteiger partial charge >= 0.3 is 0 Å². The standard InChI is InChI=1S/C10H20N2OS/c1-10(9-11,12-2)5-3-7-14-8-4-6-13/h12-13H,3-8H2,1-2H3. The summed E-state index contributed by atoms with van der Waals surface area (Å²) in [4.78, 5) is 0. The largest absolute Gasteiger partial charge is 0.396 e. The zero-order valence-electron chi connectivity index (χ0n) is 9.05.